The molecule has 3 rings (SSSR count). The van der Waals surface area contributed by atoms with Crippen LogP contribution in [0.1, 0.15) is 11.1 Å². The number of hydrogen-bond acceptors (Lipinski definition) is 4. The van der Waals surface area contributed by atoms with E-state index in [2.05, 4.69) is 15.4 Å². The Kier molecular flexibility index (Phi) is 3.26. The summed E-state index contributed by atoms with van der Waals surface area (Å²) < 4.78 is 13.6. The molecule has 3 N–H and O–H groups in total. The van der Waals surface area contributed by atoms with E-state index in [0.29, 0.717) is 29.3 Å². The summed E-state index contributed by atoms with van der Waals surface area (Å²) in [4.78, 5) is 8.88. The smallest absolute Gasteiger partial charge is 0.138 e. The van der Waals surface area contributed by atoms with Crippen LogP contribution in [0.25, 0.3) is 0 Å². The quantitative estimate of drug-likeness (QED) is 0.615. The van der Waals surface area contributed by atoms with Gasteiger partial charge in [0.05, 0.1) is 17.9 Å². The molecule has 1 aliphatic rings. The highest BCUT2D eigenvalue weighted by Gasteiger charge is 2.16. The van der Waals surface area contributed by atoms with Gasteiger partial charge in [-0.1, -0.05) is 30.3 Å². The first-order chi connectivity index (χ1) is 9.78. The van der Waals surface area contributed by atoms with Crippen molar-refractivity contribution in [1.82, 2.24) is 5.43 Å². The first kappa shape index (κ1) is 12.5. The molecule has 0 unspecified atom stereocenters. The lowest BCUT2D eigenvalue weighted by atomic mass is 10.0. The molecule has 2 aromatic rings. The van der Waals surface area contributed by atoms with Crippen LogP contribution in [-0.4, -0.2) is 18.1 Å². The van der Waals surface area contributed by atoms with Crippen LogP contribution >= 0.6 is 0 Å². The normalized spacial score (nSPS) is 13.9. The van der Waals surface area contributed by atoms with Gasteiger partial charge in [-0.05, 0) is 18.2 Å². The van der Waals surface area contributed by atoms with Crippen molar-refractivity contribution in [3.8, 4) is 0 Å². The number of aliphatic imine (C=N–C) groups is 2. The predicted molar refractivity (Wildman–Crippen MR) is 77.8 cm³/mol. The van der Waals surface area contributed by atoms with E-state index in [4.69, 9.17) is 5.84 Å². The molecule has 4 nitrogen and oxygen atoms in total. The Morgan fingerprint density at radius 3 is 2.65 bits per heavy atom. The molecule has 0 saturated carbocycles. The molecule has 0 amide bonds. The molecule has 0 atom stereocenters. The number of nitrogens with zero attached hydrogens (tertiary/aromatic N) is 2. The zero-order chi connectivity index (χ0) is 13.9. The first-order valence-corrected chi connectivity index (χ1v) is 6.22. The van der Waals surface area contributed by atoms with Gasteiger partial charge in [-0.25, -0.2) is 15.2 Å². The number of rotatable bonds is 1. The fourth-order valence-electron chi connectivity index (χ4n) is 2.14. The first-order valence-electron chi connectivity index (χ1n) is 6.22. The average molecular weight is 268 g/mol. The molecule has 0 saturated heterocycles. The largest absolute Gasteiger partial charge is 0.310 e. The summed E-state index contributed by atoms with van der Waals surface area (Å²) in [5.74, 6) is 5.65. The van der Waals surface area contributed by atoms with E-state index >= 15 is 0 Å². The molecule has 5 heteroatoms. The van der Waals surface area contributed by atoms with Gasteiger partial charge >= 0.3 is 0 Å². The highest BCUT2D eigenvalue weighted by Crippen LogP contribution is 2.26. The van der Waals surface area contributed by atoms with Crippen LogP contribution in [0.3, 0.4) is 0 Å². The molecule has 0 fully saturated rings. The molecular weight excluding hydrogens is 255 g/mol. The van der Waals surface area contributed by atoms with Crippen molar-refractivity contribution in [2.75, 3.05) is 6.54 Å². The van der Waals surface area contributed by atoms with Crippen LogP contribution in [0.5, 0.6) is 0 Å². The van der Waals surface area contributed by atoms with Crippen LogP contribution in [0.4, 0.5) is 10.1 Å². The molecule has 100 valence electrons. The van der Waals surface area contributed by atoms with Crippen molar-refractivity contribution in [2.24, 2.45) is 15.8 Å². The lowest BCUT2D eigenvalue weighted by molar-refractivity contribution is 0.627. The van der Waals surface area contributed by atoms with Crippen LogP contribution in [0.2, 0.25) is 0 Å². The Labute approximate surface area is 115 Å². The number of fused-ring (bicyclic) bond motifs is 1. The summed E-state index contributed by atoms with van der Waals surface area (Å²) in [5.41, 5.74) is 5.48. The second-order valence-electron chi connectivity index (χ2n) is 4.40. The van der Waals surface area contributed by atoms with Gasteiger partial charge in [0.25, 0.3) is 0 Å². The second kappa shape index (κ2) is 5.22. The summed E-state index contributed by atoms with van der Waals surface area (Å²) in [5, 5.41) is 0. The summed E-state index contributed by atoms with van der Waals surface area (Å²) in [7, 11) is 0. The van der Waals surface area contributed by atoms with Gasteiger partial charge in [-0.3, -0.25) is 4.99 Å². The van der Waals surface area contributed by atoms with Crippen LogP contribution in [-0.2, 0) is 0 Å². The number of amidine groups is 1. The molecular formula is C15H13FN4. The zero-order valence-electron chi connectivity index (χ0n) is 10.7. The van der Waals surface area contributed by atoms with Gasteiger partial charge in [0.1, 0.15) is 11.7 Å². The van der Waals surface area contributed by atoms with E-state index in [0.717, 1.165) is 5.56 Å². The third-order valence-corrected chi connectivity index (χ3v) is 3.07. The third kappa shape index (κ3) is 2.31. The van der Waals surface area contributed by atoms with Crippen molar-refractivity contribution < 1.29 is 4.39 Å². The maximum absolute atomic E-state index is 13.6. The highest BCUT2D eigenvalue weighted by atomic mass is 19.1. The zero-order valence-corrected chi connectivity index (χ0v) is 10.7. The van der Waals surface area contributed by atoms with E-state index in [1.807, 2.05) is 30.3 Å². The van der Waals surface area contributed by atoms with Crippen molar-refractivity contribution in [3.05, 3.63) is 65.5 Å². The molecule has 1 aliphatic heterocycles. The number of nitrogens with one attached hydrogen (secondary N) is 1. The van der Waals surface area contributed by atoms with Crippen molar-refractivity contribution in [1.29, 1.82) is 0 Å². The minimum Gasteiger partial charge on any atom is -0.310 e. The second-order valence-corrected chi connectivity index (χ2v) is 4.40. The summed E-state index contributed by atoms with van der Waals surface area (Å²) >= 11 is 0. The van der Waals surface area contributed by atoms with Gasteiger partial charge in [0.2, 0.25) is 0 Å². The predicted octanol–water partition coefficient (Wildman–Crippen LogP) is 2.17. The molecule has 20 heavy (non-hydrogen) atoms. The summed E-state index contributed by atoms with van der Waals surface area (Å²) in [6, 6.07) is 14.1. The Balaban J connectivity index is 2.19. The molecule has 0 spiro atoms. The minimum absolute atomic E-state index is 0.313. The topological polar surface area (TPSA) is 62.8 Å². The van der Waals surface area contributed by atoms with Crippen molar-refractivity contribution >= 4 is 17.2 Å². The fourth-order valence-corrected chi connectivity index (χ4v) is 2.14. The lowest BCUT2D eigenvalue weighted by Gasteiger charge is -2.08. The number of halogens is 1. The van der Waals surface area contributed by atoms with Gasteiger partial charge in [-0.2, -0.15) is 0 Å². The summed E-state index contributed by atoms with van der Waals surface area (Å²) in [6.07, 6.45) is 0. The number of hydrazine groups is 1. The van der Waals surface area contributed by atoms with Crippen molar-refractivity contribution in [2.45, 2.75) is 0 Å². The summed E-state index contributed by atoms with van der Waals surface area (Å²) in [6.45, 7) is 0.330. The van der Waals surface area contributed by atoms with Crippen LogP contribution < -0.4 is 11.3 Å². The Morgan fingerprint density at radius 2 is 1.90 bits per heavy atom. The molecule has 0 aliphatic carbocycles. The van der Waals surface area contributed by atoms with E-state index < -0.39 is 0 Å². The molecule has 0 bridgehead atoms. The Hall–Kier alpha value is -2.53. The number of hydrogen-bond donors (Lipinski definition) is 2. The molecule has 0 radical (unpaired) electrons. The molecule has 0 aromatic heterocycles. The van der Waals surface area contributed by atoms with Crippen LogP contribution in [0.15, 0.2) is 58.5 Å². The van der Waals surface area contributed by atoms with Gasteiger partial charge in [0, 0.05) is 11.1 Å². The average Bonchev–Trinajstić information content (AvgIpc) is 2.67. The monoisotopic (exact) mass is 268 g/mol. The van der Waals surface area contributed by atoms with Gasteiger partial charge in [0.15, 0.2) is 0 Å². The fraction of sp³-hybridized carbons (Fsp3) is 0.0667. The Bertz CT molecular complexity index is 692. The van der Waals surface area contributed by atoms with Crippen molar-refractivity contribution in [3.63, 3.8) is 0 Å². The number of nitrogens with two attached hydrogens (primary N) is 1. The molecule has 2 aromatic carbocycles. The molecule has 1 heterocycles. The third-order valence-electron chi connectivity index (χ3n) is 3.07. The highest BCUT2D eigenvalue weighted by molar-refractivity contribution is 6.17. The van der Waals surface area contributed by atoms with E-state index in [9.17, 15) is 4.39 Å². The maximum atomic E-state index is 13.6. The Morgan fingerprint density at radius 1 is 1.10 bits per heavy atom. The lowest BCUT2D eigenvalue weighted by Crippen LogP contribution is -2.32. The van der Waals surface area contributed by atoms with E-state index in [-0.39, 0.29) is 5.82 Å². The van der Waals surface area contributed by atoms with E-state index in [1.165, 1.54) is 12.1 Å². The van der Waals surface area contributed by atoms with Gasteiger partial charge in [-0.15, -0.1) is 0 Å². The number of benzene rings is 2. The minimum atomic E-state index is -0.313. The maximum Gasteiger partial charge on any atom is 0.138 e. The van der Waals surface area contributed by atoms with Crippen LogP contribution in [0, 0.1) is 5.82 Å². The van der Waals surface area contributed by atoms with E-state index in [1.54, 1.807) is 6.07 Å². The SMILES string of the molecule is NNC1=Nc2ccc(F)cc2C(c2ccccc2)=NC1. The standard InChI is InChI=1S/C15H13FN4/c16-11-6-7-13-12(8-11)15(10-4-2-1-3-5-10)18-9-14(19-13)20-17/h1-8H,9,17H2,(H,19,20). The van der Waals surface area contributed by atoms with Gasteiger partial charge < -0.3 is 5.43 Å².